The van der Waals surface area contributed by atoms with Gasteiger partial charge >= 0.3 is 5.97 Å². The molecule has 1 aromatic heterocycles. The Kier molecular flexibility index (Phi) is 2.70. The Morgan fingerprint density at radius 2 is 2.37 bits per heavy atom. The number of rotatable bonds is 3. The van der Waals surface area contributed by atoms with E-state index in [2.05, 4.69) is 10.2 Å². The fourth-order valence-corrected chi connectivity index (χ4v) is 2.46. The van der Waals surface area contributed by atoms with E-state index in [4.69, 9.17) is 5.11 Å². The number of likely N-dealkylation sites (tertiary alicyclic amines) is 1. The molecule has 0 spiro atoms. The van der Waals surface area contributed by atoms with Gasteiger partial charge in [-0.15, -0.1) is 0 Å². The molecule has 1 amide bonds. The normalized spacial score (nSPS) is 19.3. The number of hydrogen-bond donors (Lipinski definition) is 2. The first-order chi connectivity index (χ1) is 9.15. The quantitative estimate of drug-likeness (QED) is 0.860. The highest BCUT2D eigenvalue weighted by atomic mass is 16.4. The zero-order chi connectivity index (χ0) is 13.4. The number of carboxylic acids is 1. The average Bonchev–Trinajstić information content (AvgIpc) is 2.97. The van der Waals surface area contributed by atoms with Gasteiger partial charge in [-0.05, 0) is 11.6 Å². The topological polar surface area (TPSA) is 86.3 Å². The number of carbonyl (C=O) groups excluding carboxylic acids is 1. The highest BCUT2D eigenvalue weighted by Crippen LogP contribution is 2.23. The van der Waals surface area contributed by atoms with Gasteiger partial charge in [-0.2, -0.15) is 5.10 Å². The molecule has 6 heteroatoms. The second-order valence-electron chi connectivity index (χ2n) is 4.76. The lowest BCUT2D eigenvalue weighted by molar-refractivity contribution is -0.141. The van der Waals surface area contributed by atoms with E-state index in [1.165, 1.54) is 0 Å². The van der Waals surface area contributed by atoms with Crippen molar-refractivity contribution in [2.45, 2.75) is 13.0 Å². The molecule has 19 heavy (non-hydrogen) atoms. The number of nitrogens with one attached hydrogen (secondary N) is 1. The standard InChI is InChI=1S/C13H13N3O3/c17-12-4-9(13(18)19)7-16(12)6-8-2-1-3-11-10(8)5-14-15-11/h1-3,5,9H,4,6-7H2,(H,14,15)(H,18,19). The second-order valence-corrected chi connectivity index (χ2v) is 4.76. The van der Waals surface area contributed by atoms with E-state index in [1.54, 1.807) is 11.1 Å². The highest BCUT2D eigenvalue weighted by molar-refractivity contribution is 5.87. The van der Waals surface area contributed by atoms with Crippen molar-refractivity contribution in [3.63, 3.8) is 0 Å². The van der Waals surface area contributed by atoms with Crippen molar-refractivity contribution in [1.82, 2.24) is 15.1 Å². The van der Waals surface area contributed by atoms with Crippen LogP contribution in [0.1, 0.15) is 12.0 Å². The summed E-state index contributed by atoms with van der Waals surface area (Å²) in [6, 6.07) is 5.74. The Morgan fingerprint density at radius 3 is 3.11 bits per heavy atom. The fourth-order valence-electron chi connectivity index (χ4n) is 2.46. The van der Waals surface area contributed by atoms with Gasteiger partial charge in [-0.25, -0.2) is 0 Å². The number of aliphatic carboxylic acids is 1. The van der Waals surface area contributed by atoms with E-state index in [9.17, 15) is 9.59 Å². The van der Waals surface area contributed by atoms with E-state index in [-0.39, 0.29) is 18.9 Å². The summed E-state index contributed by atoms with van der Waals surface area (Å²) in [5.41, 5.74) is 1.89. The molecule has 2 heterocycles. The third kappa shape index (κ3) is 2.05. The first-order valence-corrected chi connectivity index (χ1v) is 6.06. The van der Waals surface area contributed by atoms with Crippen molar-refractivity contribution < 1.29 is 14.7 Å². The molecule has 1 unspecified atom stereocenters. The van der Waals surface area contributed by atoms with Crippen LogP contribution in [0.5, 0.6) is 0 Å². The predicted octanol–water partition coefficient (Wildman–Crippen LogP) is 0.996. The average molecular weight is 259 g/mol. The lowest BCUT2D eigenvalue weighted by Crippen LogP contribution is -2.25. The molecule has 1 fully saturated rings. The van der Waals surface area contributed by atoms with Gasteiger partial charge in [0.25, 0.3) is 0 Å². The van der Waals surface area contributed by atoms with Crippen LogP contribution in [0.15, 0.2) is 24.4 Å². The molecule has 3 rings (SSSR count). The number of benzene rings is 1. The Balaban J connectivity index is 1.84. The molecule has 6 nitrogen and oxygen atoms in total. The number of amides is 1. The molecule has 2 N–H and O–H groups in total. The smallest absolute Gasteiger partial charge is 0.308 e. The molecule has 1 atom stereocenters. The third-order valence-electron chi connectivity index (χ3n) is 3.50. The van der Waals surface area contributed by atoms with E-state index in [0.717, 1.165) is 16.5 Å². The number of hydrogen-bond acceptors (Lipinski definition) is 3. The monoisotopic (exact) mass is 259 g/mol. The fraction of sp³-hybridized carbons (Fsp3) is 0.308. The van der Waals surface area contributed by atoms with Gasteiger partial charge in [-0.1, -0.05) is 12.1 Å². The maximum Gasteiger partial charge on any atom is 0.308 e. The number of carbonyl (C=O) groups is 2. The summed E-state index contributed by atoms with van der Waals surface area (Å²) in [5, 5.41) is 16.8. The van der Waals surface area contributed by atoms with Crippen molar-refractivity contribution in [2.75, 3.05) is 6.54 Å². The van der Waals surface area contributed by atoms with Gasteiger partial charge in [0, 0.05) is 24.9 Å². The van der Waals surface area contributed by atoms with Crippen molar-refractivity contribution in [3.05, 3.63) is 30.0 Å². The van der Waals surface area contributed by atoms with Gasteiger partial charge in [0.15, 0.2) is 0 Å². The molecule has 98 valence electrons. The van der Waals surface area contributed by atoms with Crippen LogP contribution >= 0.6 is 0 Å². The first kappa shape index (κ1) is 11.7. The second kappa shape index (κ2) is 4.38. The molecule has 0 radical (unpaired) electrons. The lowest BCUT2D eigenvalue weighted by atomic mass is 10.1. The van der Waals surface area contributed by atoms with E-state index in [0.29, 0.717) is 6.54 Å². The van der Waals surface area contributed by atoms with E-state index in [1.807, 2.05) is 18.2 Å². The van der Waals surface area contributed by atoms with Crippen LogP contribution in [0.3, 0.4) is 0 Å². The predicted molar refractivity (Wildman–Crippen MR) is 67.3 cm³/mol. The molecule has 0 bridgehead atoms. The van der Waals surface area contributed by atoms with Crippen LogP contribution in [0.4, 0.5) is 0 Å². The van der Waals surface area contributed by atoms with Crippen LogP contribution in [0.25, 0.3) is 10.9 Å². The van der Waals surface area contributed by atoms with Crippen molar-refractivity contribution >= 4 is 22.8 Å². The van der Waals surface area contributed by atoms with E-state index >= 15 is 0 Å². The lowest BCUT2D eigenvalue weighted by Gasteiger charge is -2.16. The molecule has 1 aromatic carbocycles. The zero-order valence-corrected chi connectivity index (χ0v) is 10.2. The molecule has 1 aliphatic rings. The van der Waals surface area contributed by atoms with E-state index < -0.39 is 11.9 Å². The molecule has 0 saturated carbocycles. The molecular formula is C13H13N3O3. The molecular weight excluding hydrogens is 246 g/mol. The van der Waals surface area contributed by atoms with Crippen LogP contribution in [-0.2, 0) is 16.1 Å². The highest BCUT2D eigenvalue weighted by Gasteiger charge is 2.34. The number of aromatic amines is 1. The summed E-state index contributed by atoms with van der Waals surface area (Å²) in [5.74, 6) is -1.60. The largest absolute Gasteiger partial charge is 0.481 e. The van der Waals surface area contributed by atoms with Crippen LogP contribution in [0, 0.1) is 5.92 Å². The Morgan fingerprint density at radius 1 is 1.53 bits per heavy atom. The van der Waals surface area contributed by atoms with Crippen molar-refractivity contribution in [3.8, 4) is 0 Å². The summed E-state index contributed by atoms with van der Waals surface area (Å²) >= 11 is 0. The van der Waals surface area contributed by atoms with Crippen LogP contribution < -0.4 is 0 Å². The maximum atomic E-state index is 11.8. The van der Waals surface area contributed by atoms with Gasteiger partial charge in [0.05, 0.1) is 17.6 Å². The summed E-state index contributed by atoms with van der Waals surface area (Å²) in [7, 11) is 0. The minimum Gasteiger partial charge on any atom is -0.481 e. The van der Waals surface area contributed by atoms with Gasteiger partial charge in [-0.3, -0.25) is 14.7 Å². The van der Waals surface area contributed by atoms with Gasteiger partial charge in [0.2, 0.25) is 5.91 Å². The maximum absolute atomic E-state index is 11.8. The minimum absolute atomic E-state index is 0.0939. The Hall–Kier alpha value is -2.37. The SMILES string of the molecule is O=C(O)C1CC(=O)N(Cc2cccc3[nH]ncc23)C1. The van der Waals surface area contributed by atoms with Gasteiger partial charge < -0.3 is 10.0 Å². The summed E-state index contributed by atoms with van der Waals surface area (Å²) < 4.78 is 0. The van der Waals surface area contributed by atoms with Crippen molar-refractivity contribution in [1.29, 1.82) is 0 Å². The number of carboxylic acid groups (broad SMARTS) is 1. The van der Waals surface area contributed by atoms with Crippen LogP contribution in [-0.4, -0.2) is 38.6 Å². The Labute approximate surface area is 109 Å². The third-order valence-corrected chi connectivity index (χ3v) is 3.50. The minimum atomic E-state index is -0.905. The summed E-state index contributed by atoms with van der Waals surface area (Å²) in [4.78, 5) is 24.3. The summed E-state index contributed by atoms with van der Waals surface area (Å²) in [6.45, 7) is 0.710. The number of H-pyrrole nitrogens is 1. The molecule has 1 saturated heterocycles. The number of fused-ring (bicyclic) bond motifs is 1. The first-order valence-electron chi connectivity index (χ1n) is 6.06. The number of aromatic nitrogens is 2. The van der Waals surface area contributed by atoms with Crippen molar-refractivity contribution in [2.24, 2.45) is 5.92 Å². The molecule has 1 aliphatic heterocycles. The Bertz CT molecular complexity index is 649. The molecule has 0 aliphatic carbocycles. The van der Waals surface area contributed by atoms with Gasteiger partial charge in [0.1, 0.15) is 0 Å². The zero-order valence-electron chi connectivity index (χ0n) is 10.2. The summed E-state index contributed by atoms with van der Waals surface area (Å²) in [6.07, 6.45) is 1.82. The van der Waals surface area contributed by atoms with Crippen LogP contribution in [0.2, 0.25) is 0 Å². The molecule has 2 aromatic rings. The number of nitrogens with zero attached hydrogens (tertiary/aromatic N) is 2.